The fraction of sp³-hybridized carbons (Fsp3) is 0.609. The molecule has 2 aliphatic rings. The van der Waals surface area contributed by atoms with Crippen LogP contribution in [0.2, 0.25) is 0 Å². The number of likely N-dealkylation sites (tertiary alicyclic amines) is 1. The molecule has 2 N–H and O–H groups in total. The average molecular weight is 427 g/mol. The van der Waals surface area contributed by atoms with Gasteiger partial charge in [0.2, 0.25) is 11.9 Å². The van der Waals surface area contributed by atoms with Crippen LogP contribution < -0.4 is 20.1 Å². The van der Waals surface area contributed by atoms with E-state index in [0.717, 1.165) is 49.2 Å². The van der Waals surface area contributed by atoms with Crippen molar-refractivity contribution in [2.75, 3.05) is 31.3 Å². The van der Waals surface area contributed by atoms with Crippen molar-refractivity contribution >= 4 is 17.6 Å². The largest absolute Gasteiger partial charge is 0.496 e. The molecule has 1 unspecified atom stereocenters. The van der Waals surface area contributed by atoms with Gasteiger partial charge in [0, 0.05) is 18.3 Å². The van der Waals surface area contributed by atoms with E-state index in [2.05, 4.69) is 37.5 Å². The van der Waals surface area contributed by atoms with E-state index in [1.165, 1.54) is 25.7 Å². The van der Waals surface area contributed by atoms with Crippen LogP contribution in [-0.2, 0) is 0 Å². The predicted molar refractivity (Wildman–Crippen MR) is 122 cm³/mol. The minimum Gasteiger partial charge on any atom is -0.496 e. The monoisotopic (exact) mass is 426 g/mol. The van der Waals surface area contributed by atoms with Gasteiger partial charge in [-0.1, -0.05) is 25.7 Å². The van der Waals surface area contributed by atoms with Crippen molar-refractivity contribution in [2.45, 2.75) is 70.6 Å². The number of benzene rings is 1. The Morgan fingerprint density at radius 3 is 2.42 bits per heavy atom. The molecule has 2 aromatic rings. The van der Waals surface area contributed by atoms with Crippen molar-refractivity contribution in [1.29, 1.82) is 0 Å². The topological polar surface area (TPSA) is 84.4 Å². The van der Waals surface area contributed by atoms with Crippen LogP contribution in [0.3, 0.4) is 0 Å². The van der Waals surface area contributed by atoms with Gasteiger partial charge >= 0.3 is 6.01 Å². The number of aryl methyl sites for hydroxylation is 1. The second kappa shape index (κ2) is 10.1. The predicted octanol–water partition coefficient (Wildman–Crippen LogP) is 4.50. The second-order valence-electron chi connectivity index (χ2n) is 8.60. The van der Waals surface area contributed by atoms with E-state index < -0.39 is 0 Å². The molecule has 1 saturated heterocycles. The molecule has 1 saturated carbocycles. The quantitative estimate of drug-likeness (QED) is 0.626. The fourth-order valence-corrected chi connectivity index (χ4v) is 4.37. The number of nitrogens with one attached hydrogen (secondary N) is 2. The third-order valence-corrected chi connectivity index (χ3v) is 6.15. The lowest BCUT2D eigenvalue weighted by atomic mass is 10.1. The first-order chi connectivity index (χ1) is 15.1. The highest BCUT2D eigenvalue weighted by Gasteiger charge is 2.24. The molecule has 1 aliphatic carbocycles. The SMILES string of the molecule is COc1ccc(Nc2nc(NC3CCCCCC3)nc(OC3CCCN3C)n2)cc1C. The van der Waals surface area contributed by atoms with E-state index in [1.807, 2.05) is 25.1 Å². The molecule has 2 heterocycles. The van der Waals surface area contributed by atoms with E-state index >= 15 is 0 Å². The van der Waals surface area contributed by atoms with Crippen LogP contribution in [0.25, 0.3) is 0 Å². The Morgan fingerprint density at radius 2 is 1.74 bits per heavy atom. The summed E-state index contributed by atoms with van der Waals surface area (Å²) in [6.45, 7) is 3.04. The van der Waals surface area contributed by atoms with Crippen molar-refractivity contribution < 1.29 is 9.47 Å². The summed E-state index contributed by atoms with van der Waals surface area (Å²) in [6, 6.07) is 6.67. The lowest BCUT2D eigenvalue weighted by molar-refractivity contribution is 0.0716. The first-order valence-electron chi connectivity index (χ1n) is 11.4. The Balaban J connectivity index is 1.56. The number of nitrogens with zero attached hydrogens (tertiary/aromatic N) is 4. The number of ether oxygens (including phenoxy) is 2. The van der Waals surface area contributed by atoms with E-state index in [4.69, 9.17) is 9.47 Å². The van der Waals surface area contributed by atoms with Crippen molar-refractivity contribution in [3.8, 4) is 11.8 Å². The van der Waals surface area contributed by atoms with Gasteiger partial charge in [0.25, 0.3) is 0 Å². The fourth-order valence-electron chi connectivity index (χ4n) is 4.37. The molecule has 0 amide bonds. The summed E-state index contributed by atoms with van der Waals surface area (Å²) in [5.41, 5.74) is 1.94. The molecule has 1 atom stereocenters. The Hall–Kier alpha value is -2.61. The molecule has 2 fully saturated rings. The molecule has 1 aliphatic heterocycles. The van der Waals surface area contributed by atoms with Crippen molar-refractivity contribution in [3.63, 3.8) is 0 Å². The standard InChI is InChI=1S/C23H34N6O2/c1-16-15-18(12-13-19(16)30-3)25-22-26-21(24-17-9-6-4-5-7-10-17)27-23(28-22)31-20-11-8-14-29(20)2/h12-13,15,17,20H,4-11,14H2,1-3H3,(H2,24,25,26,27,28). The van der Waals surface area contributed by atoms with E-state index in [-0.39, 0.29) is 6.23 Å². The minimum atomic E-state index is 0.00390. The zero-order chi connectivity index (χ0) is 21.6. The Kier molecular flexibility index (Phi) is 7.06. The highest BCUT2D eigenvalue weighted by atomic mass is 16.5. The van der Waals surface area contributed by atoms with Gasteiger partial charge in [0.1, 0.15) is 5.75 Å². The molecule has 168 valence electrons. The molecule has 8 heteroatoms. The molecule has 0 bridgehead atoms. The molecule has 1 aromatic carbocycles. The van der Waals surface area contributed by atoms with Crippen LogP contribution in [0, 0.1) is 6.92 Å². The summed E-state index contributed by atoms with van der Waals surface area (Å²) in [6.07, 6.45) is 9.50. The first kappa shape index (κ1) is 21.6. The van der Waals surface area contributed by atoms with Gasteiger partial charge in [-0.15, -0.1) is 0 Å². The van der Waals surface area contributed by atoms with Gasteiger partial charge in [-0.25, -0.2) is 0 Å². The van der Waals surface area contributed by atoms with E-state index in [1.54, 1.807) is 7.11 Å². The van der Waals surface area contributed by atoms with E-state index in [0.29, 0.717) is 23.9 Å². The summed E-state index contributed by atoms with van der Waals surface area (Å²) in [4.78, 5) is 16.0. The molecule has 0 spiro atoms. The van der Waals surface area contributed by atoms with Crippen LogP contribution in [0.5, 0.6) is 11.8 Å². The van der Waals surface area contributed by atoms with E-state index in [9.17, 15) is 0 Å². The normalized spacial score (nSPS) is 20.3. The average Bonchev–Trinajstić information content (AvgIpc) is 2.98. The summed E-state index contributed by atoms with van der Waals surface area (Å²) < 4.78 is 11.5. The van der Waals surface area contributed by atoms with Gasteiger partial charge in [-0.3, -0.25) is 4.90 Å². The lowest BCUT2D eigenvalue weighted by Crippen LogP contribution is -2.31. The number of anilines is 3. The molecule has 1 aromatic heterocycles. The zero-order valence-corrected chi connectivity index (χ0v) is 18.9. The number of rotatable bonds is 7. The summed E-state index contributed by atoms with van der Waals surface area (Å²) in [5, 5.41) is 6.85. The van der Waals surface area contributed by atoms with Crippen molar-refractivity contribution in [3.05, 3.63) is 23.8 Å². The molecular weight excluding hydrogens is 392 g/mol. The van der Waals surface area contributed by atoms with Gasteiger partial charge in [0.15, 0.2) is 6.23 Å². The van der Waals surface area contributed by atoms with Crippen molar-refractivity contribution in [1.82, 2.24) is 19.9 Å². The minimum absolute atomic E-state index is 0.00390. The summed E-state index contributed by atoms with van der Waals surface area (Å²) in [5.74, 6) is 1.90. The van der Waals surface area contributed by atoms with Gasteiger partial charge in [-0.2, -0.15) is 15.0 Å². The second-order valence-corrected chi connectivity index (χ2v) is 8.60. The summed E-state index contributed by atoms with van der Waals surface area (Å²) in [7, 11) is 3.75. The summed E-state index contributed by atoms with van der Waals surface area (Å²) >= 11 is 0. The van der Waals surface area contributed by atoms with Crippen LogP contribution in [0.4, 0.5) is 17.6 Å². The maximum absolute atomic E-state index is 6.14. The van der Waals surface area contributed by atoms with Gasteiger partial charge in [0.05, 0.1) is 7.11 Å². The maximum Gasteiger partial charge on any atom is 0.324 e. The third kappa shape index (κ3) is 5.76. The van der Waals surface area contributed by atoms with Crippen LogP contribution in [0.15, 0.2) is 18.2 Å². The first-order valence-corrected chi connectivity index (χ1v) is 11.4. The number of methoxy groups -OCH3 is 1. The highest BCUT2D eigenvalue weighted by molar-refractivity contribution is 5.58. The van der Waals surface area contributed by atoms with Crippen LogP contribution >= 0.6 is 0 Å². The molecule has 0 radical (unpaired) electrons. The number of aromatic nitrogens is 3. The Labute approximate surface area is 184 Å². The van der Waals surface area contributed by atoms with Crippen molar-refractivity contribution in [2.24, 2.45) is 0 Å². The number of hydrogen-bond acceptors (Lipinski definition) is 8. The van der Waals surface area contributed by atoms with Crippen LogP contribution in [-0.4, -0.2) is 52.8 Å². The maximum atomic E-state index is 6.14. The smallest absolute Gasteiger partial charge is 0.324 e. The molecule has 8 nitrogen and oxygen atoms in total. The Bertz CT molecular complexity index is 869. The molecular formula is C23H34N6O2. The van der Waals surface area contributed by atoms with Crippen LogP contribution in [0.1, 0.15) is 56.9 Å². The lowest BCUT2D eigenvalue weighted by Gasteiger charge is -2.21. The van der Waals surface area contributed by atoms with Gasteiger partial charge in [-0.05, 0) is 63.4 Å². The highest BCUT2D eigenvalue weighted by Crippen LogP contribution is 2.26. The zero-order valence-electron chi connectivity index (χ0n) is 18.9. The molecule has 4 rings (SSSR count). The third-order valence-electron chi connectivity index (χ3n) is 6.15. The molecule has 31 heavy (non-hydrogen) atoms. The Morgan fingerprint density at radius 1 is 0.968 bits per heavy atom. The van der Waals surface area contributed by atoms with Gasteiger partial charge < -0.3 is 20.1 Å². The number of hydrogen-bond donors (Lipinski definition) is 2.